The van der Waals surface area contributed by atoms with E-state index < -0.39 is 0 Å². The Morgan fingerprint density at radius 2 is 1.64 bits per heavy atom. The second-order valence-electron chi connectivity index (χ2n) is 6.30. The molecule has 2 amide bonds. The van der Waals surface area contributed by atoms with E-state index in [1.807, 2.05) is 42.5 Å². The van der Waals surface area contributed by atoms with Gasteiger partial charge in [-0.3, -0.25) is 9.59 Å². The summed E-state index contributed by atoms with van der Waals surface area (Å²) in [5, 5.41) is 8.80. The molecule has 0 radical (unpaired) electrons. The van der Waals surface area contributed by atoms with E-state index >= 15 is 0 Å². The Morgan fingerprint density at radius 3 is 2.36 bits per heavy atom. The molecule has 6 nitrogen and oxygen atoms in total. The maximum absolute atomic E-state index is 12.4. The van der Waals surface area contributed by atoms with Gasteiger partial charge in [0.25, 0.3) is 5.91 Å². The highest BCUT2D eigenvalue weighted by atomic mass is 16.2. The van der Waals surface area contributed by atoms with Crippen molar-refractivity contribution in [1.82, 2.24) is 10.3 Å². The number of pyridine rings is 1. The zero-order valence-electron chi connectivity index (χ0n) is 15.6. The fourth-order valence-corrected chi connectivity index (χ4v) is 2.70. The number of hydrogen-bond acceptors (Lipinski definition) is 4. The second kappa shape index (κ2) is 9.32. The molecule has 1 heterocycles. The number of nitrogens with one attached hydrogen (secondary N) is 3. The average molecular weight is 374 g/mol. The SMILES string of the molecule is CC(=O)Nc1ccc(Nc2cc(C(=O)NCCc3ccccc3)ccn2)cc1. The molecule has 6 heteroatoms. The molecule has 0 saturated heterocycles. The highest BCUT2D eigenvalue weighted by molar-refractivity contribution is 5.95. The molecule has 142 valence electrons. The quantitative estimate of drug-likeness (QED) is 0.588. The van der Waals surface area contributed by atoms with Crippen LogP contribution in [0, 0.1) is 0 Å². The Hall–Kier alpha value is -3.67. The van der Waals surface area contributed by atoms with Crippen LogP contribution in [-0.2, 0) is 11.2 Å². The number of hydrogen-bond donors (Lipinski definition) is 3. The lowest BCUT2D eigenvalue weighted by molar-refractivity contribution is -0.114. The van der Waals surface area contributed by atoms with E-state index in [1.54, 1.807) is 30.5 Å². The topological polar surface area (TPSA) is 83.1 Å². The van der Waals surface area contributed by atoms with Crippen LogP contribution in [0.5, 0.6) is 0 Å². The summed E-state index contributed by atoms with van der Waals surface area (Å²) >= 11 is 0. The highest BCUT2D eigenvalue weighted by Crippen LogP contribution is 2.18. The van der Waals surface area contributed by atoms with Crippen LogP contribution in [0.2, 0.25) is 0 Å². The van der Waals surface area contributed by atoms with E-state index in [9.17, 15) is 9.59 Å². The number of rotatable bonds is 7. The molecule has 3 N–H and O–H groups in total. The maximum atomic E-state index is 12.4. The Balaban J connectivity index is 1.57. The molecule has 3 aromatic rings. The van der Waals surface area contributed by atoms with Gasteiger partial charge in [-0.25, -0.2) is 4.98 Å². The predicted octanol–water partition coefficient (Wildman–Crippen LogP) is 3.76. The average Bonchev–Trinajstić information content (AvgIpc) is 2.70. The first-order chi connectivity index (χ1) is 13.6. The highest BCUT2D eigenvalue weighted by Gasteiger charge is 2.07. The Bertz CT molecular complexity index is 940. The summed E-state index contributed by atoms with van der Waals surface area (Å²) in [7, 11) is 0. The van der Waals surface area contributed by atoms with Gasteiger partial charge in [0.2, 0.25) is 5.91 Å². The fraction of sp³-hybridized carbons (Fsp3) is 0.136. The molecular weight excluding hydrogens is 352 g/mol. The first kappa shape index (κ1) is 19.1. The van der Waals surface area contributed by atoms with Crippen molar-refractivity contribution in [3.05, 3.63) is 84.1 Å². The third-order valence-electron chi connectivity index (χ3n) is 4.04. The van der Waals surface area contributed by atoms with Gasteiger partial charge in [-0.05, 0) is 48.4 Å². The smallest absolute Gasteiger partial charge is 0.251 e. The van der Waals surface area contributed by atoms with Gasteiger partial charge >= 0.3 is 0 Å². The van der Waals surface area contributed by atoms with E-state index in [0.29, 0.717) is 17.9 Å². The summed E-state index contributed by atoms with van der Waals surface area (Å²) in [6, 6.07) is 20.7. The van der Waals surface area contributed by atoms with Crippen molar-refractivity contribution < 1.29 is 9.59 Å². The molecule has 0 spiro atoms. The molecule has 0 fully saturated rings. The van der Waals surface area contributed by atoms with Crippen LogP contribution < -0.4 is 16.0 Å². The van der Waals surface area contributed by atoms with E-state index in [-0.39, 0.29) is 11.8 Å². The second-order valence-corrected chi connectivity index (χ2v) is 6.30. The number of benzene rings is 2. The number of carbonyl (C=O) groups is 2. The lowest BCUT2D eigenvalue weighted by Crippen LogP contribution is -2.25. The van der Waals surface area contributed by atoms with Crippen molar-refractivity contribution >= 4 is 29.0 Å². The van der Waals surface area contributed by atoms with Crippen molar-refractivity contribution in [3.8, 4) is 0 Å². The van der Waals surface area contributed by atoms with Crippen molar-refractivity contribution in [2.45, 2.75) is 13.3 Å². The van der Waals surface area contributed by atoms with Crippen LogP contribution in [-0.4, -0.2) is 23.3 Å². The van der Waals surface area contributed by atoms with Crippen LogP contribution >= 0.6 is 0 Å². The molecule has 0 unspecified atom stereocenters. The number of amides is 2. The van der Waals surface area contributed by atoms with Gasteiger partial charge in [0.15, 0.2) is 0 Å². The van der Waals surface area contributed by atoms with Crippen molar-refractivity contribution in [2.24, 2.45) is 0 Å². The summed E-state index contributed by atoms with van der Waals surface area (Å²) < 4.78 is 0. The van der Waals surface area contributed by atoms with Gasteiger partial charge in [0, 0.05) is 36.6 Å². The van der Waals surface area contributed by atoms with E-state index in [1.165, 1.54) is 12.5 Å². The lowest BCUT2D eigenvalue weighted by atomic mass is 10.1. The number of aromatic nitrogens is 1. The largest absolute Gasteiger partial charge is 0.352 e. The monoisotopic (exact) mass is 374 g/mol. The maximum Gasteiger partial charge on any atom is 0.251 e. The minimum atomic E-state index is -0.137. The molecule has 0 atom stereocenters. The van der Waals surface area contributed by atoms with Gasteiger partial charge in [-0.2, -0.15) is 0 Å². The molecule has 0 aliphatic rings. The van der Waals surface area contributed by atoms with E-state index in [0.717, 1.165) is 17.8 Å². The van der Waals surface area contributed by atoms with Crippen molar-refractivity contribution in [3.63, 3.8) is 0 Å². The Kier molecular flexibility index (Phi) is 6.36. The predicted molar refractivity (Wildman–Crippen MR) is 111 cm³/mol. The number of anilines is 3. The molecule has 2 aromatic carbocycles. The fourth-order valence-electron chi connectivity index (χ4n) is 2.70. The van der Waals surface area contributed by atoms with Crippen LogP contribution in [0.15, 0.2) is 72.9 Å². The van der Waals surface area contributed by atoms with Gasteiger partial charge in [-0.1, -0.05) is 30.3 Å². The third kappa shape index (κ3) is 5.67. The Morgan fingerprint density at radius 1 is 0.929 bits per heavy atom. The van der Waals surface area contributed by atoms with Crippen LogP contribution in [0.25, 0.3) is 0 Å². The summed E-state index contributed by atoms with van der Waals surface area (Å²) in [5.41, 5.74) is 3.25. The zero-order chi connectivity index (χ0) is 19.8. The van der Waals surface area contributed by atoms with Gasteiger partial charge in [0.05, 0.1) is 0 Å². The molecule has 0 saturated carbocycles. The van der Waals surface area contributed by atoms with E-state index in [2.05, 4.69) is 20.9 Å². The first-order valence-corrected chi connectivity index (χ1v) is 9.03. The van der Waals surface area contributed by atoms with Crippen molar-refractivity contribution in [1.29, 1.82) is 0 Å². The Labute approximate surface area is 164 Å². The van der Waals surface area contributed by atoms with Gasteiger partial charge in [-0.15, -0.1) is 0 Å². The van der Waals surface area contributed by atoms with E-state index in [4.69, 9.17) is 0 Å². The van der Waals surface area contributed by atoms with Crippen LogP contribution in [0.4, 0.5) is 17.2 Å². The number of nitrogens with zero attached hydrogens (tertiary/aromatic N) is 1. The molecule has 0 aliphatic heterocycles. The molecule has 3 rings (SSSR count). The summed E-state index contributed by atoms with van der Waals surface area (Å²) in [6.45, 7) is 2.03. The summed E-state index contributed by atoms with van der Waals surface area (Å²) in [4.78, 5) is 27.7. The standard InChI is InChI=1S/C22H22N4O2/c1-16(27)25-19-7-9-20(10-8-19)26-21-15-18(12-14-23-21)22(28)24-13-11-17-5-3-2-4-6-17/h2-10,12,14-15H,11,13H2,1H3,(H,23,26)(H,24,28)(H,25,27). The summed E-state index contributed by atoms with van der Waals surface area (Å²) in [6.07, 6.45) is 2.38. The van der Waals surface area contributed by atoms with Gasteiger partial charge < -0.3 is 16.0 Å². The van der Waals surface area contributed by atoms with Gasteiger partial charge in [0.1, 0.15) is 5.82 Å². The molecular formula is C22H22N4O2. The number of carbonyl (C=O) groups excluding carboxylic acids is 2. The summed E-state index contributed by atoms with van der Waals surface area (Å²) in [5.74, 6) is 0.318. The molecule has 1 aromatic heterocycles. The minimum absolute atomic E-state index is 0.117. The van der Waals surface area contributed by atoms with Crippen molar-refractivity contribution in [2.75, 3.05) is 17.2 Å². The van der Waals surface area contributed by atoms with Crippen LogP contribution in [0.1, 0.15) is 22.8 Å². The first-order valence-electron chi connectivity index (χ1n) is 9.03. The lowest BCUT2D eigenvalue weighted by Gasteiger charge is -2.09. The third-order valence-corrected chi connectivity index (χ3v) is 4.04. The molecule has 0 aliphatic carbocycles. The van der Waals surface area contributed by atoms with Crippen LogP contribution in [0.3, 0.4) is 0 Å². The molecule has 28 heavy (non-hydrogen) atoms. The zero-order valence-corrected chi connectivity index (χ0v) is 15.6. The normalized spacial score (nSPS) is 10.2. The minimum Gasteiger partial charge on any atom is -0.352 e. The molecule has 0 bridgehead atoms.